The van der Waals surface area contributed by atoms with Crippen LogP contribution in [-0.2, 0) is 5.41 Å². The highest BCUT2D eigenvalue weighted by Gasteiger charge is 2.36. The summed E-state index contributed by atoms with van der Waals surface area (Å²) in [5.41, 5.74) is 11.5. The van der Waals surface area contributed by atoms with E-state index in [1.54, 1.807) is 0 Å². The fraction of sp³-hybridized carbons (Fsp3) is 0.108. The van der Waals surface area contributed by atoms with Crippen molar-refractivity contribution in [1.29, 1.82) is 0 Å². The van der Waals surface area contributed by atoms with Gasteiger partial charge in [0.2, 0.25) is 0 Å². The first-order valence-corrected chi connectivity index (χ1v) is 13.4. The number of para-hydroxylation sites is 1. The highest BCUT2D eigenvalue weighted by molar-refractivity contribution is 6.07. The first kappa shape index (κ1) is 23.3. The van der Waals surface area contributed by atoms with Crippen molar-refractivity contribution >= 4 is 17.2 Å². The van der Waals surface area contributed by atoms with Gasteiger partial charge >= 0.3 is 0 Å². The predicted octanol–water partition coefficient (Wildman–Crippen LogP) is 8.95. The van der Waals surface area contributed by atoms with E-state index in [1.807, 2.05) is 30.3 Å². The van der Waals surface area contributed by atoms with E-state index in [-0.39, 0.29) is 11.3 Å². The standard InChI is InChI=1S/C37H28N2/c1-37(2)32-19-11-10-18-29(32)31-23-30(26-15-7-4-8-16-26)35(24-33(31)37)39-36-28(25-13-5-3-6-14-25)22-21-27-17-9-12-20-34(27)38-36/h3-20,23-24,28H,1-2H3,(H,38,39). The van der Waals surface area contributed by atoms with Crippen molar-refractivity contribution in [3.63, 3.8) is 0 Å². The van der Waals surface area contributed by atoms with Gasteiger partial charge in [-0.15, -0.1) is 0 Å². The Hall–Kier alpha value is -4.87. The van der Waals surface area contributed by atoms with Crippen LogP contribution in [-0.4, -0.2) is 5.84 Å². The number of anilines is 1. The summed E-state index contributed by atoms with van der Waals surface area (Å²) in [5.74, 6) is 7.58. The summed E-state index contributed by atoms with van der Waals surface area (Å²) >= 11 is 0. The van der Waals surface area contributed by atoms with E-state index in [0.29, 0.717) is 0 Å². The zero-order valence-corrected chi connectivity index (χ0v) is 22.1. The van der Waals surface area contributed by atoms with Gasteiger partial charge in [-0.05, 0) is 57.6 Å². The van der Waals surface area contributed by atoms with Crippen LogP contribution >= 0.6 is 0 Å². The van der Waals surface area contributed by atoms with Crippen LogP contribution in [0.15, 0.2) is 126 Å². The molecule has 2 nitrogen and oxygen atoms in total. The summed E-state index contributed by atoms with van der Waals surface area (Å²) in [6.07, 6.45) is 0. The van der Waals surface area contributed by atoms with Crippen molar-refractivity contribution in [2.45, 2.75) is 25.2 Å². The quantitative estimate of drug-likeness (QED) is 0.246. The Balaban J connectivity index is 1.43. The minimum Gasteiger partial charge on any atom is -0.342 e. The van der Waals surface area contributed by atoms with Gasteiger partial charge in [0, 0.05) is 16.7 Å². The zero-order valence-electron chi connectivity index (χ0n) is 22.1. The lowest BCUT2D eigenvalue weighted by atomic mass is 9.81. The number of rotatable bonds is 3. The molecule has 0 radical (unpaired) electrons. The lowest BCUT2D eigenvalue weighted by Crippen LogP contribution is -2.21. The van der Waals surface area contributed by atoms with E-state index < -0.39 is 0 Å². The van der Waals surface area contributed by atoms with Gasteiger partial charge in [-0.2, -0.15) is 0 Å². The van der Waals surface area contributed by atoms with Crippen LogP contribution in [0, 0.1) is 11.8 Å². The van der Waals surface area contributed by atoms with Gasteiger partial charge in [0.25, 0.3) is 0 Å². The average Bonchev–Trinajstić information content (AvgIpc) is 3.09. The van der Waals surface area contributed by atoms with Crippen LogP contribution in [0.25, 0.3) is 22.3 Å². The molecule has 5 aromatic rings. The monoisotopic (exact) mass is 500 g/mol. The molecular formula is C37H28N2. The summed E-state index contributed by atoms with van der Waals surface area (Å²) in [5, 5.41) is 3.82. The molecule has 1 aliphatic carbocycles. The number of hydrogen-bond donors (Lipinski definition) is 1. The lowest BCUT2D eigenvalue weighted by Gasteiger charge is -2.24. The van der Waals surface area contributed by atoms with Gasteiger partial charge in [-0.1, -0.05) is 123 Å². The van der Waals surface area contributed by atoms with Gasteiger partial charge in [-0.3, -0.25) is 0 Å². The molecule has 0 bridgehead atoms. The van der Waals surface area contributed by atoms with Crippen LogP contribution in [0.5, 0.6) is 0 Å². The summed E-state index contributed by atoms with van der Waals surface area (Å²) in [4.78, 5) is 5.18. The minimum absolute atomic E-state index is 0.103. The molecule has 0 fully saturated rings. The average molecular weight is 501 g/mol. The molecule has 0 spiro atoms. The Morgan fingerprint density at radius 1 is 0.667 bits per heavy atom. The van der Waals surface area contributed by atoms with Crippen molar-refractivity contribution < 1.29 is 0 Å². The van der Waals surface area contributed by atoms with Gasteiger partial charge in [-0.25, -0.2) is 4.99 Å². The normalized spacial score (nSPS) is 16.1. The molecule has 1 heterocycles. The van der Waals surface area contributed by atoms with Crippen LogP contribution < -0.4 is 5.32 Å². The van der Waals surface area contributed by atoms with Crippen molar-refractivity contribution in [3.8, 4) is 34.1 Å². The lowest BCUT2D eigenvalue weighted by molar-refractivity contribution is 0.660. The molecule has 2 aliphatic rings. The van der Waals surface area contributed by atoms with E-state index in [9.17, 15) is 0 Å². The Labute approximate surface area is 230 Å². The Bertz CT molecular complexity index is 1800. The molecule has 39 heavy (non-hydrogen) atoms. The largest absolute Gasteiger partial charge is 0.342 e. The minimum atomic E-state index is -0.180. The summed E-state index contributed by atoms with van der Waals surface area (Å²) in [6, 6.07) is 42.7. The van der Waals surface area contributed by atoms with E-state index in [2.05, 4.69) is 122 Å². The SMILES string of the molecule is CC1(C)c2ccccc2-c2cc(-c3ccccc3)c(NC3=Nc4ccccc4C#CC3c3ccccc3)cc21. The molecule has 7 rings (SSSR count). The number of benzene rings is 5. The van der Waals surface area contributed by atoms with Crippen LogP contribution in [0.3, 0.4) is 0 Å². The maximum Gasteiger partial charge on any atom is 0.126 e. The topological polar surface area (TPSA) is 24.4 Å². The van der Waals surface area contributed by atoms with Gasteiger partial charge in [0.15, 0.2) is 0 Å². The van der Waals surface area contributed by atoms with Crippen molar-refractivity contribution in [1.82, 2.24) is 0 Å². The number of amidine groups is 1. The highest BCUT2D eigenvalue weighted by Crippen LogP contribution is 2.51. The predicted molar refractivity (Wildman–Crippen MR) is 163 cm³/mol. The Morgan fingerprint density at radius 3 is 2.18 bits per heavy atom. The third-order valence-corrected chi connectivity index (χ3v) is 7.97. The van der Waals surface area contributed by atoms with E-state index in [0.717, 1.165) is 33.9 Å². The molecule has 1 aliphatic heterocycles. The summed E-state index contributed by atoms with van der Waals surface area (Å²) in [6.45, 7) is 4.64. The maximum atomic E-state index is 5.18. The zero-order chi connectivity index (χ0) is 26.4. The molecule has 1 N–H and O–H groups in total. The summed E-state index contributed by atoms with van der Waals surface area (Å²) < 4.78 is 0. The van der Waals surface area contributed by atoms with Crippen molar-refractivity contribution in [2.75, 3.05) is 5.32 Å². The van der Waals surface area contributed by atoms with Crippen molar-refractivity contribution in [2.24, 2.45) is 4.99 Å². The van der Waals surface area contributed by atoms with Crippen molar-refractivity contribution in [3.05, 3.63) is 144 Å². The fourth-order valence-electron chi connectivity index (χ4n) is 5.92. The molecule has 0 saturated carbocycles. The number of aliphatic imine (C=N–C) groups is 1. The molecule has 0 saturated heterocycles. The Kier molecular flexibility index (Phi) is 5.46. The molecule has 5 aromatic carbocycles. The smallest absolute Gasteiger partial charge is 0.126 e. The highest BCUT2D eigenvalue weighted by atomic mass is 15.0. The third-order valence-electron chi connectivity index (χ3n) is 7.97. The number of fused-ring (bicyclic) bond motifs is 4. The maximum absolute atomic E-state index is 5.18. The second-order valence-electron chi connectivity index (χ2n) is 10.7. The molecule has 1 atom stereocenters. The van der Waals surface area contributed by atoms with Gasteiger partial charge in [0.1, 0.15) is 11.8 Å². The van der Waals surface area contributed by atoms with Crippen LogP contribution in [0.4, 0.5) is 11.4 Å². The first-order valence-electron chi connectivity index (χ1n) is 13.4. The van der Waals surface area contributed by atoms with Gasteiger partial charge < -0.3 is 5.32 Å². The van der Waals surface area contributed by atoms with E-state index >= 15 is 0 Å². The van der Waals surface area contributed by atoms with Crippen LogP contribution in [0.1, 0.15) is 42.0 Å². The number of nitrogens with zero attached hydrogens (tertiary/aromatic N) is 1. The molecule has 2 heteroatoms. The fourth-order valence-corrected chi connectivity index (χ4v) is 5.92. The molecule has 0 aromatic heterocycles. The van der Waals surface area contributed by atoms with Crippen LogP contribution in [0.2, 0.25) is 0 Å². The summed E-state index contributed by atoms with van der Waals surface area (Å²) in [7, 11) is 0. The number of hydrogen-bond acceptors (Lipinski definition) is 2. The second-order valence-corrected chi connectivity index (χ2v) is 10.7. The van der Waals surface area contributed by atoms with E-state index in [4.69, 9.17) is 4.99 Å². The molecular weight excluding hydrogens is 472 g/mol. The number of nitrogens with one attached hydrogen (secondary N) is 1. The van der Waals surface area contributed by atoms with Gasteiger partial charge in [0.05, 0.1) is 11.3 Å². The molecule has 0 amide bonds. The third kappa shape index (κ3) is 3.95. The molecule has 186 valence electrons. The Morgan fingerprint density at radius 2 is 1.36 bits per heavy atom. The second kappa shape index (κ2) is 9.15. The van der Waals surface area contributed by atoms with E-state index in [1.165, 1.54) is 27.8 Å². The first-order chi connectivity index (χ1) is 19.1. The molecule has 1 unspecified atom stereocenters.